The van der Waals surface area contributed by atoms with Crippen molar-refractivity contribution in [3.63, 3.8) is 0 Å². The molecule has 0 bridgehead atoms. The van der Waals surface area contributed by atoms with Crippen LogP contribution in [0.1, 0.15) is 30.4 Å². The zero-order chi connectivity index (χ0) is 24.1. The lowest BCUT2D eigenvalue weighted by Crippen LogP contribution is -2.48. The molecular weight excluding hydrogens is 442 g/mol. The number of hydrogen-bond acceptors (Lipinski definition) is 5. The van der Waals surface area contributed by atoms with Crippen molar-refractivity contribution >= 4 is 28.4 Å². The second kappa shape index (κ2) is 10.6. The Hall–Kier alpha value is -3.59. The molecule has 1 fully saturated rings. The molecule has 9 heteroatoms. The van der Waals surface area contributed by atoms with E-state index in [1.54, 1.807) is 6.20 Å². The van der Waals surface area contributed by atoms with Crippen LogP contribution >= 0.6 is 0 Å². The van der Waals surface area contributed by atoms with Crippen LogP contribution in [0.15, 0.2) is 48.7 Å². The minimum Gasteiger partial charge on any atom is -0.383 e. The molecule has 0 aliphatic carbocycles. The summed E-state index contributed by atoms with van der Waals surface area (Å²) in [4.78, 5) is 29.6. The molecule has 7 nitrogen and oxygen atoms in total. The molecule has 0 radical (unpaired) electrons. The lowest BCUT2D eigenvalue weighted by atomic mass is 10.0. The lowest BCUT2D eigenvalue weighted by molar-refractivity contribution is -0.130. The number of nitrogen functional groups attached to an aromatic ring is 1. The molecule has 1 saturated heterocycles. The van der Waals surface area contributed by atoms with E-state index in [0.29, 0.717) is 18.0 Å². The number of rotatable bonds is 8. The van der Waals surface area contributed by atoms with Gasteiger partial charge >= 0.3 is 0 Å². The summed E-state index contributed by atoms with van der Waals surface area (Å²) >= 11 is 0. The first-order valence-electron chi connectivity index (χ1n) is 11.1. The van der Waals surface area contributed by atoms with Gasteiger partial charge in [-0.2, -0.15) is 0 Å². The van der Waals surface area contributed by atoms with Crippen molar-refractivity contribution in [1.29, 1.82) is 0 Å². The highest BCUT2D eigenvalue weighted by Crippen LogP contribution is 2.20. The van der Waals surface area contributed by atoms with E-state index >= 15 is 0 Å². The van der Waals surface area contributed by atoms with E-state index < -0.39 is 23.6 Å². The number of nitrogens with one attached hydrogen (secondary N) is 2. The lowest BCUT2D eigenvalue weighted by Gasteiger charge is -2.20. The van der Waals surface area contributed by atoms with Gasteiger partial charge < -0.3 is 21.1 Å². The number of nitrogens with zero attached hydrogens (tertiary/aromatic N) is 1. The quantitative estimate of drug-likeness (QED) is 0.471. The Morgan fingerprint density at radius 1 is 1.12 bits per heavy atom. The van der Waals surface area contributed by atoms with Gasteiger partial charge in [-0.05, 0) is 53.6 Å². The third kappa shape index (κ3) is 5.85. The van der Waals surface area contributed by atoms with E-state index in [9.17, 15) is 18.4 Å². The van der Waals surface area contributed by atoms with E-state index in [0.717, 1.165) is 41.3 Å². The Bertz CT molecular complexity index is 1200. The second-order valence-corrected chi connectivity index (χ2v) is 8.38. The number of fused-ring (bicyclic) bond motifs is 1. The van der Waals surface area contributed by atoms with Crippen LogP contribution in [0.2, 0.25) is 0 Å². The minimum absolute atomic E-state index is 0.0141. The summed E-state index contributed by atoms with van der Waals surface area (Å²) in [6.07, 6.45) is 3.27. The number of amides is 2. The highest BCUT2D eigenvalue weighted by molar-refractivity contribution is 5.91. The van der Waals surface area contributed by atoms with E-state index in [-0.39, 0.29) is 31.4 Å². The highest BCUT2D eigenvalue weighted by atomic mass is 19.2. The molecular formula is C25H26F2N4O3. The van der Waals surface area contributed by atoms with Crippen LogP contribution < -0.4 is 16.4 Å². The molecule has 4 N–H and O–H groups in total. The molecule has 4 rings (SSSR count). The molecule has 0 spiro atoms. The fraction of sp³-hybridized carbons (Fsp3) is 0.320. The number of nitrogens with two attached hydrogens (primary N) is 1. The van der Waals surface area contributed by atoms with E-state index in [1.165, 1.54) is 6.07 Å². The van der Waals surface area contributed by atoms with Gasteiger partial charge in [-0.3, -0.25) is 9.59 Å². The maximum atomic E-state index is 13.7. The Balaban J connectivity index is 1.45. The summed E-state index contributed by atoms with van der Waals surface area (Å²) in [6.45, 7) is 0.830. The second-order valence-electron chi connectivity index (χ2n) is 8.38. The molecule has 34 heavy (non-hydrogen) atoms. The summed E-state index contributed by atoms with van der Waals surface area (Å²) in [5.41, 5.74) is 7.12. The van der Waals surface area contributed by atoms with Crippen LogP contribution in [0, 0.1) is 11.6 Å². The predicted octanol–water partition coefficient (Wildman–Crippen LogP) is 3.01. The molecule has 2 aromatic carbocycles. The van der Waals surface area contributed by atoms with Crippen molar-refractivity contribution in [3.8, 4) is 0 Å². The van der Waals surface area contributed by atoms with Crippen molar-refractivity contribution in [2.45, 2.75) is 44.4 Å². The number of hydrogen-bond donors (Lipinski definition) is 3. The normalized spacial score (nSPS) is 16.4. The minimum atomic E-state index is -1.01. The first-order valence-corrected chi connectivity index (χ1v) is 11.1. The smallest absolute Gasteiger partial charge is 0.243 e. The van der Waals surface area contributed by atoms with Gasteiger partial charge in [-0.1, -0.05) is 18.2 Å². The summed E-state index contributed by atoms with van der Waals surface area (Å²) < 4.78 is 32.5. The largest absolute Gasteiger partial charge is 0.383 e. The first-order chi connectivity index (χ1) is 16.4. The molecule has 0 unspecified atom stereocenters. The highest BCUT2D eigenvalue weighted by Gasteiger charge is 2.25. The number of halogens is 2. The molecule has 178 valence electrons. The zero-order valence-corrected chi connectivity index (χ0v) is 18.5. The van der Waals surface area contributed by atoms with Crippen LogP contribution in [0.4, 0.5) is 14.6 Å². The maximum Gasteiger partial charge on any atom is 0.243 e. The number of carbonyl (C=O) groups excluding carboxylic acids is 2. The Kier molecular flexibility index (Phi) is 7.32. The van der Waals surface area contributed by atoms with Crippen LogP contribution in [0.3, 0.4) is 0 Å². The molecule has 3 aromatic rings. The van der Waals surface area contributed by atoms with Crippen molar-refractivity contribution in [1.82, 2.24) is 15.6 Å². The maximum absolute atomic E-state index is 13.7. The van der Waals surface area contributed by atoms with Gasteiger partial charge in [0.2, 0.25) is 11.8 Å². The van der Waals surface area contributed by atoms with Gasteiger partial charge in [0.15, 0.2) is 11.6 Å². The van der Waals surface area contributed by atoms with Crippen molar-refractivity contribution in [3.05, 3.63) is 71.4 Å². The zero-order valence-electron chi connectivity index (χ0n) is 18.5. The van der Waals surface area contributed by atoms with E-state index in [4.69, 9.17) is 10.5 Å². The van der Waals surface area contributed by atoms with E-state index in [2.05, 4.69) is 15.6 Å². The fourth-order valence-corrected chi connectivity index (χ4v) is 4.05. The van der Waals surface area contributed by atoms with Gasteiger partial charge in [-0.25, -0.2) is 13.8 Å². The number of anilines is 1. The number of carbonyl (C=O) groups is 2. The average molecular weight is 469 g/mol. The van der Waals surface area contributed by atoms with Crippen molar-refractivity contribution in [2.24, 2.45) is 0 Å². The van der Waals surface area contributed by atoms with Gasteiger partial charge in [0.05, 0.1) is 12.5 Å². The topological polar surface area (TPSA) is 106 Å². The van der Waals surface area contributed by atoms with Gasteiger partial charge in [-0.15, -0.1) is 0 Å². The van der Waals surface area contributed by atoms with Crippen molar-refractivity contribution < 1.29 is 23.1 Å². The Morgan fingerprint density at radius 3 is 2.71 bits per heavy atom. The molecule has 1 aliphatic heterocycles. The number of ether oxygens (including phenoxy) is 1. The molecule has 2 atom stereocenters. The predicted molar refractivity (Wildman–Crippen MR) is 124 cm³/mol. The summed E-state index contributed by atoms with van der Waals surface area (Å²) in [5, 5.41) is 7.26. The van der Waals surface area contributed by atoms with Gasteiger partial charge in [0.25, 0.3) is 0 Å². The standard InChI is InChI=1S/C25H26F2N4O3/c26-20-6-4-15(11-21(20)27)12-22(31-23(32)13-18-2-1-9-34-18)25(33)30-14-16-3-5-19-17(10-16)7-8-29-24(19)28/h3-8,10-11,18,22H,1-2,9,12-14H2,(H2,28,29)(H,30,33)(H,31,32)/t18-,22+/m1/s1. The van der Waals surface area contributed by atoms with Crippen molar-refractivity contribution in [2.75, 3.05) is 12.3 Å². The first kappa shape index (κ1) is 23.6. The summed E-state index contributed by atoms with van der Waals surface area (Å²) in [7, 11) is 0. The molecule has 2 heterocycles. The Labute approximate surface area is 195 Å². The number of aromatic nitrogens is 1. The van der Waals surface area contributed by atoms with Crippen LogP contribution in [0.5, 0.6) is 0 Å². The Morgan fingerprint density at radius 2 is 1.94 bits per heavy atom. The van der Waals surface area contributed by atoms with E-state index in [1.807, 2.05) is 24.3 Å². The summed E-state index contributed by atoms with van der Waals surface area (Å²) in [6, 6.07) is 9.86. The number of pyridine rings is 1. The van der Waals surface area contributed by atoms with Gasteiger partial charge in [0, 0.05) is 31.2 Å². The number of benzene rings is 2. The monoisotopic (exact) mass is 468 g/mol. The average Bonchev–Trinajstić information content (AvgIpc) is 3.32. The molecule has 2 amide bonds. The molecule has 1 aliphatic rings. The van der Waals surface area contributed by atoms with Crippen LogP contribution in [-0.2, 0) is 27.3 Å². The molecule has 1 aromatic heterocycles. The summed E-state index contributed by atoms with van der Waals surface area (Å²) in [5.74, 6) is -2.32. The SMILES string of the molecule is Nc1nccc2cc(CNC(=O)[C@H](Cc3ccc(F)c(F)c3)NC(=O)C[C@H]3CCCO3)ccc12. The molecule has 0 saturated carbocycles. The van der Waals surface area contributed by atoms with Crippen LogP contribution in [0.25, 0.3) is 10.8 Å². The fourth-order valence-electron chi connectivity index (χ4n) is 4.05. The van der Waals surface area contributed by atoms with Gasteiger partial charge in [0.1, 0.15) is 11.9 Å². The third-order valence-corrected chi connectivity index (χ3v) is 5.84. The van der Waals surface area contributed by atoms with Crippen LogP contribution in [-0.4, -0.2) is 35.6 Å². The third-order valence-electron chi connectivity index (χ3n) is 5.84.